The summed E-state index contributed by atoms with van der Waals surface area (Å²) >= 11 is 5.64. The minimum Gasteiger partial charge on any atom is -0.358 e. The molecule has 3 aliphatic rings. The smallest absolute Gasteiger partial charge is 0.190 e. The summed E-state index contributed by atoms with van der Waals surface area (Å²) in [6, 6.07) is 11.6. The highest BCUT2D eigenvalue weighted by Crippen LogP contribution is 2.42. The van der Waals surface area contributed by atoms with Gasteiger partial charge in [-0.15, -0.1) is 0 Å². The molecule has 0 saturated heterocycles. The summed E-state index contributed by atoms with van der Waals surface area (Å²) in [6.45, 7) is 0. The summed E-state index contributed by atoms with van der Waals surface area (Å²) in [7, 11) is 0. The van der Waals surface area contributed by atoms with E-state index in [0.717, 1.165) is 11.5 Å². The molecular formula is C17H21N3S. The Balaban J connectivity index is 1.64. The molecule has 0 amide bonds. The van der Waals surface area contributed by atoms with Gasteiger partial charge in [-0.25, -0.2) is 5.01 Å². The molecule has 0 spiro atoms. The minimum atomic E-state index is 0.292. The molecule has 0 bridgehead atoms. The van der Waals surface area contributed by atoms with Gasteiger partial charge in [0.05, 0.1) is 6.04 Å². The number of hydrazone groups is 1. The fourth-order valence-corrected chi connectivity index (χ4v) is 3.84. The Morgan fingerprint density at radius 1 is 1.14 bits per heavy atom. The van der Waals surface area contributed by atoms with Crippen LogP contribution >= 0.6 is 12.2 Å². The Morgan fingerprint density at radius 2 is 1.95 bits per heavy atom. The summed E-state index contributed by atoms with van der Waals surface area (Å²) < 4.78 is 0. The Bertz CT molecular complexity index is 565. The molecule has 0 unspecified atom stereocenters. The first-order valence-corrected chi connectivity index (χ1v) is 8.46. The molecule has 0 aromatic heterocycles. The summed E-state index contributed by atoms with van der Waals surface area (Å²) in [5, 5.41) is 11.3. The van der Waals surface area contributed by atoms with Crippen molar-refractivity contribution in [1.29, 1.82) is 0 Å². The molecule has 2 saturated carbocycles. The minimum absolute atomic E-state index is 0.292. The lowest BCUT2D eigenvalue weighted by atomic mass is 9.80. The molecule has 1 N–H and O–H groups in total. The Kier molecular flexibility index (Phi) is 3.42. The molecule has 2 aliphatic carbocycles. The molecule has 21 heavy (non-hydrogen) atoms. The maximum absolute atomic E-state index is 5.64. The zero-order valence-corrected chi connectivity index (χ0v) is 13.0. The van der Waals surface area contributed by atoms with E-state index in [1.807, 2.05) is 0 Å². The van der Waals surface area contributed by atoms with Crippen molar-refractivity contribution in [2.75, 3.05) is 0 Å². The molecule has 110 valence electrons. The quantitative estimate of drug-likeness (QED) is 0.845. The SMILES string of the molecule is S=C(NC1CC1)N1N=C2CCCC[C@H]2[C@H]1c1ccccc1. The second kappa shape index (κ2) is 5.41. The van der Waals surface area contributed by atoms with E-state index in [9.17, 15) is 0 Å². The molecule has 3 nitrogen and oxygen atoms in total. The molecule has 2 fully saturated rings. The highest BCUT2D eigenvalue weighted by molar-refractivity contribution is 7.80. The van der Waals surface area contributed by atoms with E-state index in [1.54, 1.807) is 0 Å². The summed E-state index contributed by atoms with van der Waals surface area (Å²) in [5.41, 5.74) is 2.69. The molecule has 1 aromatic carbocycles. The van der Waals surface area contributed by atoms with Crippen LogP contribution in [0, 0.1) is 5.92 Å². The number of hydrogen-bond donors (Lipinski definition) is 1. The van der Waals surface area contributed by atoms with Gasteiger partial charge in [0.2, 0.25) is 0 Å². The second-order valence-electron chi connectivity index (χ2n) is 6.37. The lowest BCUT2D eigenvalue weighted by Crippen LogP contribution is -2.39. The molecule has 4 heteroatoms. The maximum Gasteiger partial charge on any atom is 0.190 e. The predicted molar refractivity (Wildman–Crippen MR) is 89.2 cm³/mol. The number of nitrogens with one attached hydrogen (secondary N) is 1. The molecule has 1 heterocycles. The van der Waals surface area contributed by atoms with Gasteiger partial charge < -0.3 is 5.32 Å². The highest BCUT2D eigenvalue weighted by Gasteiger charge is 2.41. The van der Waals surface area contributed by atoms with Crippen molar-refractivity contribution in [3.8, 4) is 0 Å². The average molecular weight is 299 g/mol. The van der Waals surface area contributed by atoms with Crippen LogP contribution in [0.2, 0.25) is 0 Å². The maximum atomic E-state index is 5.64. The summed E-state index contributed by atoms with van der Waals surface area (Å²) in [6.07, 6.45) is 7.43. The van der Waals surface area contributed by atoms with Gasteiger partial charge in [-0.1, -0.05) is 36.8 Å². The van der Waals surface area contributed by atoms with Gasteiger partial charge in [0, 0.05) is 17.7 Å². The number of fused-ring (bicyclic) bond motifs is 1. The van der Waals surface area contributed by atoms with Crippen LogP contribution in [0.15, 0.2) is 35.4 Å². The van der Waals surface area contributed by atoms with Crippen LogP contribution in [-0.2, 0) is 0 Å². The largest absolute Gasteiger partial charge is 0.358 e. The van der Waals surface area contributed by atoms with E-state index in [0.29, 0.717) is 18.0 Å². The van der Waals surface area contributed by atoms with Gasteiger partial charge in [0.15, 0.2) is 5.11 Å². The zero-order chi connectivity index (χ0) is 14.2. The van der Waals surface area contributed by atoms with Crippen LogP contribution in [-0.4, -0.2) is 21.9 Å². The number of thiocarbonyl (C=S) groups is 1. The molecule has 1 aromatic rings. The van der Waals surface area contributed by atoms with Gasteiger partial charge in [-0.2, -0.15) is 5.10 Å². The van der Waals surface area contributed by atoms with Crippen LogP contribution in [0.4, 0.5) is 0 Å². The van der Waals surface area contributed by atoms with Crippen molar-refractivity contribution in [2.45, 2.75) is 50.6 Å². The first-order chi connectivity index (χ1) is 10.3. The van der Waals surface area contributed by atoms with Crippen molar-refractivity contribution in [2.24, 2.45) is 11.0 Å². The van der Waals surface area contributed by atoms with Crippen molar-refractivity contribution in [1.82, 2.24) is 10.3 Å². The van der Waals surface area contributed by atoms with Crippen LogP contribution in [0.25, 0.3) is 0 Å². The van der Waals surface area contributed by atoms with Crippen molar-refractivity contribution in [3.63, 3.8) is 0 Å². The lowest BCUT2D eigenvalue weighted by Gasteiger charge is -2.30. The average Bonchev–Trinajstić information content (AvgIpc) is 3.25. The first-order valence-electron chi connectivity index (χ1n) is 8.05. The third kappa shape index (κ3) is 2.57. The van der Waals surface area contributed by atoms with E-state index in [1.165, 1.54) is 43.4 Å². The molecular weight excluding hydrogens is 278 g/mol. The molecule has 1 aliphatic heterocycles. The monoisotopic (exact) mass is 299 g/mol. The number of benzene rings is 1. The van der Waals surface area contributed by atoms with E-state index in [2.05, 4.69) is 40.7 Å². The topological polar surface area (TPSA) is 27.6 Å². The van der Waals surface area contributed by atoms with Crippen molar-refractivity contribution < 1.29 is 0 Å². The third-order valence-electron chi connectivity index (χ3n) is 4.76. The second-order valence-corrected chi connectivity index (χ2v) is 6.75. The normalized spacial score (nSPS) is 28.0. The Hall–Kier alpha value is -1.42. The van der Waals surface area contributed by atoms with Crippen molar-refractivity contribution >= 4 is 23.0 Å². The number of rotatable bonds is 2. The van der Waals surface area contributed by atoms with Gasteiger partial charge in [-0.3, -0.25) is 0 Å². The Labute approximate surface area is 131 Å². The van der Waals surface area contributed by atoms with Crippen molar-refractivity contribution in [3.05, 3.63) is 35.9 Å². The van der Waals surface area contributed by atoms with E-state index in [-0.39, 0.29) is 0 Å². The Morgan fingerprint density at radius 3 is 2.71 bits per heavy atom. The van der Waals surface area contributed by atoms with Gasteiger partial charge in [0.1, 0.15) is 0 Å². The van der Waals surface area contributed by atoms with E-state index in [4.69, 9.17) is 17.3 Å². The lowest BCUT2D eigenvalue weighted by molar-refractivity contribution is 0.297. The predicted octanol–water partition coefficient (Wildman–Crippen LogP) is 3.63. The van der Waals surface area contributed by atoms with Crippen LogP contribution in [0.5, 0.6) is 0 Å². The molecule has 4 rings (SSSR count). The zero-order valence-electron chi connectivity index (χ0n) is 12.2. The van der Waals surface area contributed by atoms with E-state index < -0.39 is 0 Å². The highest BCUT2D eigenvalue weighted by atomic mass is 32.1. The summed E-state index contributed by atoms with van der Waals surface area (Å²) in [4.78, 5) is 0. The molecule has 2 atom stereocenters. The fourth-order valence-electron chi connectivity index (χ4n) is 3.52. The van der Waals surface area contributed by atoms with Gasteiger partial charge in [-0.05, 0) is 49.9 Å². The number of hydrogen-bond acceptors (Lipinski definition) is 2. The van der Waals surface area contributed by atoms with E-state index >= 15 is 0 Å². The van der Waals surface area contributed by atoms with Gasteiger partial charge >= 0.3 is 0 Å². The standard InChI is InChI=1S/C17H21N3S/c21-17(18-13-10-11-13)20-16(12-6-2-1-3-7-12)14-8-4-5-9-15(14)19-20/h1-3,6-7,13-14,16H,4-5,8-11H2,(H,18,21)/t14-,16-/m1/s1. The summed E-state index contributed by atoms with van der Waals surface area (Å²) in [5.74, 6) is 0.542. The van der Waals surface area contributed by atoms with Gasteiger partial charge in [0.25, 0.3) is 0 Å². The fraction of sp³-hybridized carbons (Fsp3) is 0.529. The van der Waals surface area contributed by atoms with Crippen LogP contribution < -0.4 is 5.32 Å². The molecule has 0 radical (unpaired) electrons. The number of nitrogens with zero attached hydrogens (tertiary/aromatic N) is 2. The van der Waals surface area contributed by atoms with Crippen LogP contribution in [0.1, 0.15) is 50.1 Å². The first kappa shape index (κ1) is 13.3. The van der Waals surface area contributed by atoms with Crippen LogP contribution in [0.3, 0.4) is 0 Å². The third-order valence-corrected chi connectivity index (χ3v) is 5.07.